The van der Waals surface area contributed by atoms with Crippen molar-refractivity contribution < 1.29 is 4.79 Å². The Hall–Kier alpha value is -2.63. The average molecular weight is 297 g/mol. The number of para-hydroxylation sites is 1. The molecule has 114 valence electrons. The van der Waals surface area contributed by atoms with Crippen molar-refractivity contribution in [2.24, 2.45) is 5.73 Å². The number of carbonyl (C=O) groups excluding carboxylic acids is 1. The van der Waals surface area contributed by atoms with Crippen molar-refractivity contribution in [1.29, 1.82) is 5.41 Å². The average Bonchev–Trinajstić information content (AvgIpc) is 2.92. The number of nitrogens with zero attached hydrogens (tertiary/aromatic N) is 2. The van der Waals surface area contributed by atoms with Gasteiger partial charge in [0, 0.05) is 17.6 Å². The number of nitrogens with one attached hydrogen (secondary N) is 2. The van der Waals surface area contributed by atoms with Crippen LogP contribution in [0.3, 0.4) is 0 Å². The third kappa shape index (κ3) is 2.86. The lowest BCUT2D eigenvalue weighted by atomic mass is 9.93. The second-order valence-corrected chi connectivity index (χ2v) is 5.51. The Balaban J connectivity index is 1.92. The topological polar surface area (TPSA) is 96.8 Å². The summed E-state index contributed by atoms with van der Waals surface area (Å²) in [4.78, 5) is 11.7. The smallest absolute Gasteiger partial charge is 0.254 e. The molecule has 1 atom stereocenters. The molecule has 1 aromatic heterocycles. The van der Waals surface area contributed by atoms with Gasteiger partial charge in [-0.25, -0.2) is 0 Å². The summed E-state index contributed by atoms with van der Waals surface area (Å²) in [5, 5.41) is 15.7. The summed E-state index contributed by atoms with van der Waals surface area (Å²) in [6.45, 7) is 0. The van der Waals surface area contributed by atoms with Gasteiger partial charge in [0.05, 0.1) is 6.04 Å². The summed E-state index contributed by atoms with van der Waals surface area (Å²) in [5.41, 5.74) is 7.31. The van der Waals surface area contributed by atoms with Gasteiger partial charge in [-0.05, 0) is 31.4 Å². The lowest BCUT2D eigenvalue weighted by Crippen LogP contribution is -2.23. The second-order valence-electron chi connectivity index (χ2n) is 5.51. The van der Waals surface area contributed by atoms with Gasteiger partial charge in [0.25, 0.3) is 5.91 Å². The van der Waals surface area contributed by atoms with Crippen LogP contribution < -0.4 is 11.1 Å². The van der Waals surface area contributed by atoms with Gasteiger partial charge in [-0.2, -0.15) is 5.10 Å². The van der Waals surface area contributed by atoms with Crippen LogP contribution in [0.25, 0.3) is 0 Å². The van der Waals surface area contributed by atoms with Crippen LogP contribution in [0.15, 0.2) is 36.5 Å². The summed E-state index contributed by atoms with van der Waals surface area (Å²) in [6, 6.07) is 9.44. The zero-order valence-corrected chi connectivity index (χ0v) is 12.2. The van der Waals surface area contributed by atoms with E-state index in [1.54, 1.807) is 10.9 Å². The molecule has 1 saturated carbocycles. The van der Waals surface area contributed by atoms with E-state index < -0.39 is 5.91 Å². The van der Waals surface area contributed by atoms with Crippen molar-refractivity contribution in [3.05, 3.63) is 42.1 Å². The maximum absolute atomic E-state index is 11.7. The number of anilines is 2. The fourth-order valence-corrected chi connectivity index (χ4v) is 2.77. The van der Waals surface area contributed by atoms with Crippen LogP contribution in [-0.2, 0) is 0 Å². The van der Waals surface area contributed by atoms with Gasteiger partial charge in [-0.1, -0.05) is 24.6 Å². The van der Waals surface area contributed by atoms with E-state index in [-0.39, 0.29) is 6.04 Å². The number of hydrogen-bond donors (Lipinski definition) is 3. The van der Waals surface area contributed by atoms with Crippen LogP contribution >= 0.6 is 0 Å². The molecule has 0 saturated heterocycles. The third-order valence-corrected chi connectivity index (χ3v) is 3.93. The van der Waals surface area contributed by atoms with Crippen LogP contribution in [-0.4, -0.2) is 21.4 Å². The Kier molecular flexibility index (Phi) is 3.91. The molecular formula is C16H19N5O. The second kappa shape index (κ2) is 6.01. The Morgan fingerprint density at radius 2 is 2.09 bits per heavy atom. The Morgan fingerprint density at radius 1 is 1.32 bits per heavy atom. The molecule has 22 heavy (non-hydrogen) atoms. The summed E-state index contributed by atoms with van der Waals surface area (Å²) in [7, 11) is 0. The highest BCUT2D eigenvalue weighted by atomic mass is 16.1. The molecule has 0 bridgehead atoms. The van der Waals surface area contributed by atoms with E-state index in [0.717, 1.165) is 31.4 Å². The molecule has 1 aliphatic carbocycles. The van der Waals surface area contributed by atoms with E-state index in [2.05, 4.69) is 10.4 Å². The van der Waals surface area contributed by atoms with E-state index in [4.69, 9.17) is 11.1 Å². The molecule has 1 amide bonds. The van der Waals surface area contributed by atoms with Crippen LogP contribution in [0.1, 0.15) is 42.1 Å². The quantitative estimate of drug-likeness (QED) is 0.809. The van der Waals surface area contributed by atoms with Gasteiger partial charge >= 0.3 is 0 Å². The molecule has 0 aliphatic heterocycles. The summed E-state index contributed by atoms with van der Waals surface area (Å²) in [6.07, 6.45) is 5.44. The first-order chi connectivity index (χ1) is 10.6. The molecule has 0 spiro atoms. The van der Waals surface area contributed by atoms with Crippen molar-refractivity contribution in [2.75, 3.05) is 5.32 Å². The fraction of sp³-hybridized carbons (Fsp3) is 0.312. The first kappa shape index (κ1) is 14.3. The summed E-state index contributed by atoms with van der Waals surface area (Å²) >= 11 is 0. The molecule has 6 heteroatoms. The molecule has 4 N–H and O–H groups in total. The number of aromatic nitrogens is 2. The van der Waals surface area contributed by atoms with Crippen molar-refractivity contribution in [3.8, 4) is 0 Å². The molecule has 1 aliphatic rings. The summed E-state index contributed by atoms with van der Waals surface area (Å²) < 4.78 is 1.70. The number of hydrogen-bond acceptors (Lipinski definition) is 4. The first-order valence-electron chi connectivity index (χ1n) is 7.43. The van der Waals surface area contributed by atoms with Crippen LogP contribution in [0, 0.1) is 5.41 Å². The standard InChI is InChI=1S/C16H19N5O/c17-13-8-4-5-9-14(13)21-10-12(15(18)22)16(20-21)19-11-6-2-1-3-7-11/h1-3,6-7,10,14,17H,4-5,8-9H2,(H2,18,22)(H,19,20)/t14-/m0/s1. The van der Waals surface area contributed by atoms with Crippen LogP contribution in [0.5, 0.6) is 0 Å². The van der Waals surface area contributed by atoms with Crippen molar-refractivity contribution in [2.45, 2.75) is 31.7 Å². The number of primary amides is 1. The van der Waals surface area contributed by atoms with Gasteiger partial charge in [0.1, 0.15) is 5.56 Å². The Morgan fingerprint density at radius 3 is 2.77 bits per heavy atom. The van der Waals surface area contributed by atoms with E-state index in [0.29, 0.717) is 17.1 Å². The number of rotatable bonds is 4. The minimum absolute atomic E-state index is 0.0711. The maximum atomic E-state index is 11.7. The number of amides is 1. The molecule has 2 aromatic rings. The molecular weight excluding hydrogens is 278 g/mol. The van der Waals surface area contributed by atoms with E-state index in [1.165, 1.54) is 0 Å². The highest BCUT2D eigenvalue weighted by Crippen LogP contribution is 2.27. The maximum Gasteiger partial charge on any atom is 0.254 e. The predicted octanol–water partition coefficient (Wildman–Crippen LogP) is 2.86. The fourth-order valence-electron chi connectivity index (χ4n) is 2.77. The number of nitrogens with two attached hydrogens (primary N) is 1. The first-order valence-corrected chi connectivity index (χ1v) is 7.43. The molecule has 6 nitrogen and oxygen atoms in total. The van der Waals surface area contributed by atoms with Gasteiger partial charge in [-0.15, -0.1) is 0 Å². The lowest BCUT2D eigenvalue weighted by molar-refractivity contribution is 0.100. The lowest BCUT2D eigenvalue weighted by Gasteiger charge is -2.23. The molecule has 0 unspecified atom stereocenters. The van der Waals surface area contributed by atoms with Gasteiger partial charge in [0.2, 0.25) is 0 Å². The zero-order chi connectivity index (χ0) is 15.5. The Bertz CT molecular complexity index is 692. The molecule has 0 radical (unpaired) electrons. The molecule has 1 aromatic carbocycles. The van der Waals surface area contributed by atoms with Crippen LogP contribution in [0.4, 0.5) is 11.5 Å². The Labute approximate surface area is 128 Å². The van der Waals surface area contributed by atoms with Crippen molar-refractivity contribution in [3.63, 3.8) is 0 Å². The normalized spacial score (nSPS) is 18.2. The van der Waals surface area contributed by atoms with Crippen molar-refractivity contribution >= 4 is 23.1 Å². The zero-order valence-electron chi connectivity index (χ0n) is 12.2. The summed E-state index contributed by atoms with van der Waals surface area (Å²) in [5.74, 6) is -0.0795. The number of benzene rings is 1. The molecule has 1 fully saturated rings. The minimum Gasteiger partial charge on any atom is -0.365 e. The highest BCUT2D eigenvalue weighted by Gasteiger charge is 2.24. The van der Waals surface area contributed by atoms with E-state index >= 15 is 0 Å². The van der Waals surface area contributed by atoms with Gasteiger partial charge in [0.15, 0.2) is 5.82 Å². The van der Waals surface area contributed by atoms with E-state index in [9.17, 15) is 4.79 Å². The SMILES string of the molecule is N=C1CCCC[C@@H]1n1cc(C(N)=O)c(Nc2ccccc2)n1. The minimum atomic E-state index is -0.521. The molecule has 1 heterocycles. The largest absolute Gasteiger partial charge is 0.365 e. The van der Waals surface area contributed by atoms with Gasteiger partial charge in [-0.3, -0.25) is 9.48 Å². The number of carbonyl (C=O) groups is 1. The monoisotopic (exact) mass is 297 g/mol. The van der Waals surface area contributed by atoms with Crippen molar-refractivity contribution in [1.82, 2.24) is 9.78 Å². The molecule has 3 rings (SSSR count). The third-order valence-electron chi connectivity index (χ3n) is 3.93. The predicted molar refractivity (Wildman–Crippen MR) is 85.7 cm³/mol. The van der Waals surface area contributed by atoms with Crippen LogP contribution in [0.2, 0.25) is 0 Å². The van der Waals surface area contributed by atoms with E-state index in [1.807, 2.05) is 30.3 Å². The highest BCUT2D eigenvalue weighted by molar-refractivity contribution is 5.98. The van der Waals surface area contributed by atoms with Gasteiger partial charge < -0.3 is 16.5 Å².